The molecule has 1 aliphatic heterocycles. The van der Waals surface area contributed by atoms with Crippen LogP contribution < -0.4 is 10.6 Å². The molecule has 0 spiro atoms. The SMILES string of the molecule is N#Cc1ccc(NC(=O)C2CNC2)c(Cl)c1. The Bertz CT molecular complexity index is 463. The molecule has 1 aromatic carbocycles. The van der Waals surface area contributed by atoms with Gasteiger partial charge in [-0.25, -0.2) is 0 Å². The number of nitrogens with one attached hydrogen (secondary N) is 2. The Hall–Kier alpha value is -1.57. The van der Waals surface area contributed by atoms with Gasteiger partial charge in [0.1, 0.15) is 0 Å². The summed E-state index contributed by atoms with van der Waals surface area (Å²) in [6.07, 6.45) is 0. The summed E-state index contributed by atoms with van der Waals surface area (Å²) in [6, 6.07) is 6.79. The van der Waals surface area contributed by atoms with Crippen LogP contribution in [0.2, 0.25) is 5.02 Å². The molecule has 0 aromatic heterocycles. The van der Waals surface area contributed by atoms with Gasteiger partial charge in [0.2, 0.25) is 5.91 Å². The number of rotatable bonds is 2. The van der Waals surface area contributed by atoms with E-state index in [2.05, 4.69) is 10.6 Å². The summed E-state index contributed by atoms with van der Waals surface area (Å²) in [4.78, 5) is 11.6. The summed E-state index contributed by atoms with van der Waals surface area (Å²) in [6.45, 7) is 1.42. The molecule has 1 aromatic rings. The molecular weight excluding hydrogens is 226 g/mol. The highest BCUT2D eigenvalue weighted by atomic mass is 35.5. The zero-order valence-corrected chi connectivity index (χ0v) is 9.21. The molecule has 1 fully saturated rings. The molecule has 5 heteroatoms. The van der Waals surface area contributed by atoms with Crippen LogP contribution in [0.15, 0.2) is 18.2 Å². The van der Waals surface area contributed by atoms with Gasteiger partial charge < -0.3 is 10.6 Å². The van der Waals surface area contributed by atoms with Crippen molar-refractivity contribution in [2.75, 3.05) is 18.4 Å². The van der Waals surface area contributed by atoms with Crippen LogP contribution in [0.4, 0.5) is 5.69 Å². The first-order valence-electron chi connectivity index (χ1n) is 4.92. The van der Waals surface area contributed by atoms with Crippen molar-refractivity contribution in [2.45, 2.75) is 0 Å². The van der Waals surface area contributed by atoms with Gasteiger partial charge in [-0.15, -0.1) is 0 Å². The minimum absolute atomic E-state index is 0.0201. The summed E-state index contributed by atoms with van der Waals surface area (Å²) in [5.74, 6) is -0.0166. The molecule has 1 heterocycles. The molecule has 1 amide bonds. The number of benzene rings is 1. The lowest BCUT2D eigenvalue weighted by Crippen LogP contribution is -2.48. The largest absolute Gasteiger partial charge is 0.324 e. The standard InChI is InChI=1S/C11H10ClN3O/c12-9-3-7(4-13)1-2-10(9)15-11(16)8-5-14-6-8/h1-3,8,14H,5-6H2,(H,15,16). The van der Waals surface area contributed by atoms with Crippen LogP contribution in [-0.2, 0) is 4.79 Å². The van der Waals surface area contributed by atoms with Crippen LogP contribution >= 0.6 is 11.6 Å². The van der Waals surface area contributed by atoms with Gasteiger partial charge in [0, 0.05) is 13.1 Å². The van der Waals surface area contributed by atoms with Crippen molar-refractivity contribution in [2.24, 2.45) is 5.92 Å². The second-order valence-corrected chi connectivity index (χ2v) is 4.06. The first kappa shape index (κ1) is 10.9. The molecule has 0 bridgehead atoms. The monoisotopic (exact) mass is 235 g/mol. The Balaban J connectivity index is 2.09. The minimum Gasteiger partial charge on any atom is -0.324 e. The first-order valence-corrected chi connectivity index (χ1v) is 5.29. The molecule has 2 N–H and O–H groups in total. The van der Waals surface area contributed by atoms with Crippen molar-refractivity contribution in [3.63, 3.8) is 0 Å². The molecule has 1 aliphatic rings. The number of carbonyl (C=O) groups is 1. The van der Waals surface area contributed by atoms with Crippen molar-refractivity contribution in [1.29, 1.82) is 5.26 Å². The smallest absolute Gasteiger partial charge is 0.230 e. The van der Waals surface area contributed by atoms with Crippen LogP contribution in [-0.4, -0.2) is 19.0 Å². The highest BCUT2D eigenvalue weighted by Gasteiger charge is 2.25. The highest BCUT2D eigenvalue weighted by molar-refractivity contribution is 6.33. The predicted octanol–water partition coefficient (Wildman–Crippen LogP) is 1.37. The van der Waals surface area contributed by atoms with Crippen molar-refractivity contribution in [1.82, 2.24) is 5.32 Å². The number of anilines is 1. The van der Waals surface area contributed by atoms with Crippen molar-refractivity contribution >= 4 is 23.2 Å². The lowest BCUT2D eigenvalue weighted by atomic mass is 10.0. The number of amides is 1. The molecule has 16 heavy (non-hydrogen) atoms. The van der Waals surface area contributed by atoms with Crippen LogP contribution in [0.25, 0.3) is 0 Å². The van der Waals surface area contributed by atoms with Gasteiger partial charge in [-0.05, 0) is 18.2 Å². The van der Waals surface area contributed by atoms with E-state index in [0.717, 1.165) is 0 Å². The third kappa shape index (κ3) is 2.16. The number of halogens is 1. The molecule has 1 saturated heterocycles. The second kappa shape index (κ2) is 4.52. The summed E-state index contributed by atoms with van der Waals surface area (Å²) in [5, 5.41) is 14.8. The van der Waals surface area contributed by atoms with E-state index < -0.39 is 0 Å². The van der Waals surface area contributed by atoms with E-state index in [1.165, 1.54) is 6.07 Å². The molecule has 0 radical (unpaired) electrons. The third-order valence-corrected chi connectivity index (χ3v) is 2.82. The third-order valence-electron chi connectivity index (χ3n) is 2.51. The molecule has 0 atom stereocenters. The van der Waals surface area contributed by atoms with E-state index in [9.17, 15) is 4.79 Å². The normalized spacial score (nSPS) is 15.0. The second-order valence-electron chi connectivity index (χ2n) is 3.65. The van der Waals surface area contributed by atoms with Gasteiger partial charge in [-0.3, -0.25) is 4.79 Å². The molecule has 4 nitrogen and oxygen atoms in total. The fourth-order valence-electron chi connectivity index (χ4n) is 1.39. The Labute approximate surface area is 98.2 Å². The molecule has 0 unspecified atom stereocenters. The lowest BCUT2D eigenvalue weighted by molar-refractivity contribution is -0.121. The summed E-state index contributed by atoms with van der Waals surface area (Å²) in [5.41, 5.74) is 1.03. The van der Waals surface area contributed by atoms with Crippen molar-refractivity contribution in [3.8, 4) is 6.07 Å². The van der Waals surface area contributed by atoms with Gasteiger partial charge in [0.05, 0.1) is 28.3 Å². The predicted molar refractivity (Wildman–Crippen MR) is 61.2 cm³/mol. The topological polar surface area (TPSA) is 64.9 Å². The molecular formula is C11H10ClN3O. The van der Waals surface area contributed by atoms with Crippen LogP contribution in [0.3, 0.4) is 0 Å². The maximum Gasteiger partial charge on any atom is 0.230 e. The van der Waals surface area contributed by atoms with E-state index in [-0.39, 0.29) is 11.8 Å². The van der Waals surface area contributed by atoms with E-state index in [1.807, 2.05) is 6.07 Å². The number of hydrogen-bond acceptors (Lipinski definition) is 3. The minimum atomic E-state index is -0.0367. The van der Waals surface area contributed by atoms with Gasteiger partial charge in [-0.2, -0.15) is 5.26 Å². The van der Waals surface area contributed by atoms with Crippen LogP contribution in [0.5, 0.6) is 0 Å². The van der Waals surface area contributed by atoms with Gasteiger partial charge in [0.15, 0.2) is 0 Å². The Morgan fingerprint density at radius 1 is 1.56 bits per heavy atom. The Morgan fingerprint density at radius 2 is 2.31 bits per heavy atom. The molecule has 0 aliphatic carbocycles. The highest BCUT2D eigenvalue weighted by Crippen LogP contribution is 2.23. The van der Waals surface area contributed by atoms with Crippen LogP contribution in [0.1, 0.15) is 5.56 Å². The fourth-order valence-corrected chi connectivity index (χ4v) is 1.62. The quantitative estimate of drug-likeness (QED) is 0.814. The average molecular weight is 236 g/mol. The zero-order chi connectivity index (χ0) is 11.5. The average Bonchev–Trinajstić information content (AvgIpc) is 2.18. The summed E-state index contributed by atoms with van der Waals surface area (Å²) in [7, 11) is 0. The van der Waals surface area contributed by atoms with Gasteiger partial charge in [-0.1, -0.05) is 11.6 Å². The Kier molecular flexibility index (Phi) is 3.09. The number of nitriles is 1. The number of nitrogens with zero attached hydrogens (tertiary/aromatic N) is 1. The maximum atomic E-state index is 11.6. The summed E-state index contributed by atoms with van der Waals surface area (Å²) >= 11 is 5.94. The molecule has 82 valence electrons. The van der Waals surface area contributed by atoms with Crippen molar-refractivity contribution in [3.05, 3.63) is 28.8 Å². The molecule has 0 saturated carbocycles. The van der Waals surface area contributed by atoms with Crippen LogP contribution in [0, 0.1) is 17.2 Å². The maximum absolute atomic E-state index is 11.6. The van der Waals surface area contributed by atoms with Gasteiger partial charge >= 0.3 is 0 Å². The fraction of sp³-hybridized carbons (Fsp3) is 0.273. The van der Waals surface area contributed by atoms with E-state index >= 15 is 0 Å². The molecule has 2 rings (SSSR count). The zero-order valence-electron chi connectivity index (χ0n) is 8.46. The summed E-state index contributed by atoms with van der Waals surface area (Å²) < 4.78 is 0. The lowest BCUT2D eigenvalue weighted by Gasteiger charge is -2.25. The van der Waals surface area contributed by atoms with E-state index in [1.54, 1.807) is 12.1 Å². The number of hydrogen-bond donors (Lipinski definition) is 2. The van der Waals surface area contributed by atoms with Gasteiger partial charge in [0.25, 0.3) is 0 Å². The Morgan fingerprint density at radius 3 is 2.81 bits per heavy atom. The first-order chi connectivity index (χ1) is 7.70. The van der Waals surface area contributed by atoms with E-state index in [0.29, 0.717) is 29.4 Å². The van der Waals surface area contributed by atoms with Crippen molar-refractivity contribution < 1.29 is 4.79 Å². The number of carbonyl (C=O) groups excluding carboxylic acids is 1. The van der Waals surface area contributed by atoms with E-state index in [4.69, 9.17) is 16.9 Å².